The molecule has 1 saturated heterocycles. The van der Waals surface area contributed by atoms with Crippen LogP contribution in [-0.2, 0) is 4.79 Å². The fourth-order valence-corrected chi connectivity index (χ4v) is 1.32. The second-order valence-electron chi connectivity index (χ2n) is 2.90. The van der Waals surface area contributed by atoms with E-state index in [-0.39, 0.29) is 5.91 Å². The van der Waals surface area contributed by atoms with Crippen LogP contribution in [0.15, 0.2) is 0 Å². The van der Waals surface area contributed by atoms with Gasteiger partial charge in [-0.05, 0) is 12.8 Å². The molecule has 1 N–H and O–H groups in total. The Labute approximate surface area is 73.1 Å². The number of hydrogen-bond acceptors (Lipinski definition) is 2. The molecule has 3 heteroatoms. The summed E-state index contributed by atoms with van der Waals surface area (Å²) >= 11 is 0. The van der Waals surface area contributed by atoms with Crippen LogP contribution in [0.3, 0.4) is 0 Å². The van der Waals surface area contributed by atoms with Crippen molar-refractivity contribution in [1.82, 2.24) is 10.2 Å². The van der Waals surface area contributed by atoms with Crippen LogP contribution in [0, 0.1) is 12.3 Å². The minimum Gasteiger partial charge on any atom is -0.342 e. The molecule has 0 aromatic carbocycles. The third kappa shape index (κ3) is 2.55. The Morgan fingerprint density at radius 1 is 1.50 bits per heavy atom. The van der Waals surface area contributed by atoms with Gasteiger partial charge >= 0.3 is 0 Å². The first-order chi connectivity index (χ1) is 5.84. The maximum absolute atomic E-state index is 11.3. The van der Waals surface area contributed by atoms with Crippen molar-refractivity contribution in [2.24, 2.45) is 0 Å². The number of carbonyl (C=O) groups is 1. The molecule has 1 rings (SSSR count). The van der Waals surface area contributed by atoms with Gasteiger partial charge in [0.1, 0.15) is 0 Å². The van der Waals surface area contributed by atoms with Crippen molar-refractivity contribution in [3.05, 3.63) is 0 Å². The quantitative estimate of drug-likeness (QED) is 0.466. The minimum atomic E-state index is 0.169. The lowest BCUT2D eigenvalue weighted by molar-refractivity contribution is -0.129. The van der Waals surface area contributed by atoms with Crippen LogP contribution in [0.5, 0.6) is 0 Å². The first-order valence-electron chi connectivity index (χ1n) is 4.26. The summed E-state index contributed by atoms with van der Waals surface area (Å²) in [5.74, 6) is 2.60. The van der Waals surface area contributed by atoms with E-state index < -0.39 is 0 Å². The number of nitrogens with one attached hydrogen (secondary N) is 1. The molecule has 1 heterocycles. The topological polar surface area (TPSA) is 32.3 Å². The van der Waals surface area contributed by atoms with Crippen molar-refractivity contribution in [2.45, 2.75) is 12.8 Å². The molecule has 0 aromatic heterocycles. The first-order valence-corrected chi connectivity index (χ1v) is 4.26. The van der Waals surface area contributed by atoms with Crippen molar-refractivity contribution in [2.75, 3.05) is 26.2 Å². The third-order valence-corrected chi connectivity index (χ3v) is 1.96. The molecule has 0 aromatic rings. The summed E-state index contributed by atoms with van der Waals surface area (Å²) in [6, 6.07) is 0. The summed E-state index contributed by atoms with van der Waals surface area (Å²) in [7, 11) is 0. The number of hydrogen-bond donors (Lipinski definition) is 1. The zero-order valence-corrected chi connectivity index (χ0v) is 7.18. The van der Waals surface area contributed by atoms with Gasteiger partial charge in [-0.3, -0.25) is 10.1 Å². The molecule has 1 fully saturated rings. The molecule has 1 aliphatic heterocycles. The molecular formula is C9H14N2O. The molecule has 0 aliphatic carbocycles. The monoisotopic (exact) mass is 166 g/mol. The van der Waals surface area contributed by atoms with Crippen molar-refractivity contribution >= 4 is 5.91 Å². The molecule has 66 valence electrons. The highest BCUT2D eigenvalue weighted by atomic mass is 16.2. The summed E-state index contributed by atoms with van der Waals surface area (Å²) in [6.07, 6.45) is 7.31. The van der Waals surface area contributed by atoms with Gasteiger partial charge in [-0.2, -0.15) is 0 Å². The zero-order valence-electron chi connectivity index (χ0n) is 7.18. The smallest absolute Gasteiger partial charge is 0.236 e. The summed E-state index contributed by atoms with van der Waals surface area (Å²) in [4.78, 5) is 13.2. The fourth-order valence-electron chi connectivity index (χ4n) is 1.32. The Morgan fingerprint density at radius 3 is 2.75 bits per heavy atom. The second kappa shape index (κ2) is 4.78. The van der Waals surface area contributed by atoms with Gasteiger partial charge in [0.25, 0.3) is 0 Å². The van der Waals surface area contributed by atoms with Gasteiger partial charge < -0.3 is 4.90 Å². The van der Waals surface area contributed by atoms with Crippen LogP contribution in [0.1, 0.15) is 12.8 Å². The Bertz CT molecular complexity index is 189. The molecular weight excluding hydrogens is 152 g/mol. The number of terminal acetylenes is 1. The van der Waals surface area contributed by atoms with Gasteiger partial charge in [-0.25, -0.2) is 0 Å². The average Bonchev–Trinajstić information content (AvgIpc) is 2.56. The van der Waals surface area contributed by atoms with Crippen molar-refractivity contribution in [3.8, 4) is 12.3 Å². The molecule has 0 atom stereocenters. The van der Waals surface area contributed by atoms with E-state index >= 15 is 0 Å². The molecule has 12 heavy (non-hydrogen) atoms. The van der Waals surface area contributed by atoms with Crippen molar-refractivity contribution in [3.63, 3.8) is 0 Å². The maximum Gasteiger partial charge on any atom is 0.236 e. The van der Waals surface area contributed by atoms with Gasteiger partial charge in [-0.1, -0.05) is 5.92 Å². The van der Waals surface area contributed by atoms with E-state index in [9.17, 15) is 4.79 Å². The van der Waals surface area contributed by atoms with E-state index in [4.69, 9.17) is 6.42 Å². The van der Waals surface area contributed by atoms with E-state index in [1.807, 2.05) is 4.90 Å². The second-order valence-corrected chi connectivity index (χ2v) is 2.90. The normalized spacial score (nSPS) is 16.1. The predicted molar refractivity (Wildman–Crippen MR) is 47.5 cm³/mol. The number of likely N-dealkylation sites (tertiary alicyclic amines) is 1. The number of rotatable bonds is 3. The Kier molecular flexibility index (Phi) is 3.62. The molecule has 1 aliphatic rings. The summed E-state index contributed by atoms with van der Waals surface area (Å²) in [5.41, 5.74) is 0. The molecule has 0 radical (unpaired) electrons. The van der Waals surface area contributed by atoms with Crippen LogP contribution >= 0.6 is 0 Å². The minimum absolute atomic E-state index is 0.169. The molecule has 0 saturated carbocycles. The first kappa shape index (κ1) is 9.08. The highest BCUT2D eigenvalue weighted by Crippen LogP contribution is 2.06. The van der Waals surface area contributed by atoms with Crippen LogP contribution < -0.4 is 5.32 Å². The van der Waals surface area contributed by atoms with Crippen LogP contribution in [-0.4, -0.2) is 37.0 Å². The fraction of sp³-hybridized carbons (Fsp3) is 0.667. The van der Waals surface area contributed by atoms with E-state index in [0.29, 0.717) is 13.1 Å². The molecule has 0 unspecified atom stereocenters. The van der Waals surface area contributed by atoms with E-state index in [0.717, 1.165) is 25.9 Å². The number of amides is 1. The van der Waals surface area contributed by atoms with Gasteiger partial charge in [0.2, 0.25) is 5.91 Å². The van der Waals surface area contributed by atoms with E-state index in [1.54, 1.807) is 0 Å². The highest BCUT2D eigenvalue weighted by Gasteiger charge is 2.16. The van der Waals surface area contributed by atoms with Crippen LogP contribution in [0.25, 0.3) is 0 Å². The van der Waals surface area contributed by atoms with Crippen LogP contribution in [0.4, 0.5) is 0 Å². The maximum atomic E-state index is 11.3. The standard InChI is InChI=1S/C9H14N2O/c1-2-5-10-8-9(12)11-6-3-4-7-11/h1,10H,3-8H2. The molecule has 0 bridgehead atoms. The zero-order chi connectivity index (χ0) is 8.81. The molecule has 0 spiro atoms. The summed E-state index contributed by atoms with van der Waals surface area (Å²) in [6.45, 7) is 2.68. The van der Waals surface area contributed by atoms with E-state index in [1.165, 1.54) is 0 Å². The lowest BCUT2D eigenvalue weighted by Gasteiger charge is -2.14. The summed E-state index contributed by atoms with van der Waals surface area (Å²) < 4.78 is 0. The van der Waals surface area contributed by atoms with Crippen molar-refractivity contribution < 1.29 is 4.79 Å². The molecule has 1 amide bonds. The Balaban J connectivity index is 2.15. The van der Waals surface area contributed by atoms with Gasteiger partial charge in [-0.15, -0.1) is 6.42 Å². The predicted octanol–water partition coefficient (Wildman–Crippen LogP) is -0.168. The van der Waals surface area contributed by atoms with Gasteiger partial charge in [0.05, 0.1) is 13.1 Å². The van der Waals surface area contributed by atoms with Crippen molar-refractivity contribution in [1.29, 1.82) is 0 Å². The third-order valence-electron chi connectivity index (χ3n) is 1.96. The van der Waals surface area contributed by atoms with Crippen LogP contribution in [0.2, 0.25) is 0 Å². The highest BCUT2D eigenvalue weighted by molar-refractivity contribution is 5.78. The number of nitrogens with zero attached hydrogens (tertiary/aromatic N) is 1. The number of carbonyl (C=O) groups excluding carboxylic acids is 1. The van der Waals surface area contributed by atoms with E-state index in [2.05, 4.69) is 11.2 Å². The lowest BCUT2D eigenvalue weighted by Crippen LogP contribution is -2.36. The molecule has 3 nitrogen and oxygen atoms in total. The van der Waals surface area contributed by atoms with Gasteiger partial charge in [0, 0.05) is 13.1 Å². The Morgan fingerprint density at radius 2 is 2.17 bits per heavy atom. The largest absolute Gasteiger partial charge is 0.342 e. The SMILES string of the molecule is C#CCNCC(=O)N1CCCC1. The Hall–Kier alpha value is -1.01. The lowest BCUT2D eigenvalue weighted by atomic mass is 10.4. The summed E-state index contributed by atoms with van der Waals surface area (Å²) in [5, 5.41) is 2.88. The van der Waals surface area contributed by atoms with Gasteiger partial charge in [0.15, 0.2) is 0 Å². The average molecular weight is 166 g/mol.